The van der Waals surface area contributed by atoms with Gasteiger partial charge in [-0.1, -0.05) is 27.7 Å². The molecule has 0 heterocycles. The van der Waals surface area contributed by atoms with Crippen LogP contribution in [0, 0.1) is 0 Å². The smallest absolute Gasteiger partial charge is 0.00991 e. The predicted molar refractivity (Wildman–Crippen MR) is 91.1 cm³/mol. The first-order chi connectivity index (χ1) is 8.20. The highest BCUT2D eigenvalue weighted by atomic mass is 32.2. The molecule has 0 aliphatic heterocycles. The summed E-state index contributed by atoms with van der Waals surface area (Å²) < 4.78 is 0. The van der Waals surface area contributed by atoms with Gasteiger partial charge in [-0.05, 0) is 55.6 Å². The van der Waals surface area contributed by atoms with Gasteiger partial charge in [0.15, 0.2) is 0 Å². The van der Waals surface area contributed by atoms with Crippen molar-refractivity contribution in [3.05, 3.63) is 0 Å². The summed E-state index contributed by atoms with van der Waals surface area (Å²) in [6, 6.07) is 0.669. The summed E-state index contributed by atoms with van der Waals surface area (Å²) in [5, 5.41) is 5.29. The molecule has 1 nitrogen and oxygen atoms in total. The Morgan fingerprint density at radius 2 is 1.22 bits per heavy atom. The van der Waals surface area contributed by atoms with Gasteiger partial charge in [0, 0.05) is 11.6 Å². The molecule has 0 atom stereocenters. The van der Waals surface area contributed by atoms with Crippen molar-refractivity contribution >= 4 is 23.5 Å². The summed E-state index contributed by atoms with van der Waals surface area (Å²) in [6.45, 7) is 15.9. The van der Waals surface area contributed by atoms with Crippen molar-refractivity contribution in [3.8, 4) is 0 Å². The molecule has 0 aromatic heterocycles. The van der Waals surface area contributed by atoms with Gasteiger partial charge in [-0.15, -0.1) is 0 Å². The SMILES string of the molecule is CC(C)SCCC(CCSC(C)C)NC(C)(C)C. The Balaban J connectivity index is 4.00. The molecular weight excluding hydrogens is 258 g/mol. The Hall–Kier alpha value is 0.660. The molecule has 0 saturated heterocycles. The number of hydrogen-bond donors (Lipinski definition) is 1. The highest BCUT2D eigenvalue weighted by Crippen LogP contribution is 2.18. The minimum Gasteiger partial charge on any atom is -0.309 e. The highest BCUT2D eigenvalue weighted by molar-refractivity contribution is 8.00. The average molecular weight is 292 g/mol. The Kier molecular flexibility index (Phi) is 9.90. The molecule has 0 aromatic rings. The fraction of sp³-hybridized carbons (Fsp3) is 1.00. The molecule has 0 saturated carbocycles. The lowest BCUT2D eigenvalue weighted by molar-refractivity contribution is 0.348. The van der Waals surface area contributed by atoms with Crippen molar-refractivity contribution in [2.24, 2.45) is 0 Å². The van der Waals surface area contributed by atoms with E-state index < -0.39 is 0 Å². The van der Waals surface area contributed by atoms with E-state index in [0.717, 1.165) is 10.5 Å². The van der Waals surface area contributed by atoms with E-state index in [9.17, 15) is 0 Å². The van der Waals surface area contributed by atoms with Crippen molar-refractivity contribution in [2.45, 2.75) is 83.4 Å². The van der Waals surface area contributed by atoms with E-state index in [0.29, 0.717) is 6.04 Å². The summed E-state index contributed by atoms with van der Waals surface area (Å²) in [5.41, 5.74) is 0.232. The van der Waals surface area contributed by atoms with Crippen molar-refractivity contribution in [1.82, 2.24) is 5.32 Å². The number of nitrogens with one attached hydrogen (secondary N) is 1. The number of rotatable bonds is 9. The van der Waals surface area contributed by atoms with E-state index in [1.165, 1.54) is 24.3 Å². The first-order valence-electron chi connectivity index (χ1n) is 7.21. The topological polar surface area (TPSA) is 12.0 Å². The van der Waals surface area contributed by atoms with Crippen molar-refractivity contribution in [2.75, 3.05) is 11.5 Å². The lowest BCUT2D eigenvalue weighted by Gasteiger charge is -2.29. The van der Waals surface area contributed by atoms with Crippen LogP contribution in [0.1, 0.15) is 61.3 Å². The van der Waals surface area contributed by atoms with Crippen molar-refractivity contribution < 1.29 is 0 Å². The van der Waals surface area contributed by atoms with Crippen LogP contribution in [0.5, 0.6) is 0 Å². The lowest BCUT2D eigenvalue weighted by atomic mass is 10.0. The lowest BCUT2D eigenvalue weighted by Crippen LogP contribution is -2.44. The fourth-order valence-corrected chi connectivity index (χ4v) is 3.58. The average Bonchev–Trinajstić information content (AvgIpc) is 2.13. The van der Waals surface area contributed by atoms with Gasteiger partial charge in [0.05, 0.1) is 0 Å². The molecule has 0 aromatic carbocycles. The van der Waals surface area contributed by atoms with Crippen LogP contribution < -0.4 is 5.32 Å². The largest absolute Gasteiger partial charge is 0.309 e. The maximum Gasteiger partial charge on any atom is 0.00991 e. The van der Waals surface area contributed by atoms with Gasteiger partial charge in [0.2, 0.25) is 0 Å². The molecule has 1 N–H and O–H groups in total. The van der Waals surface area contributed by atoms with Gasteiger partial charge in [-0.3, -0.25) is 0 Å². The van der Waals surface area contributed by atoms with Gasteiger partial charge < -0.3 is 5.32 Å². The first-order valence-corrected chi connectivity index (χ1v) is 9.31. The molecule has 0 rings (SSSR count). The summed E-state index contributed by atoms with van der Waals surface area (Å²) in [7, 11) is 0. The third kappa shape index (κ3) is 13.1. The Labute approximate surface area is 124 Å². The minimum atomic E-state index is 0.232. The zero-order chi connectivity index (χ0) is 14.2. The van der Waals surface area contributed by atoms with Crippen LogP contribution in [-0.2, 0) is 0 Å². The third-order valence-electron chi connectivity index (χ3n) is 2.47. The molecule has 0 aliphatic rings. The monoisotopic (exact) mass is 291 g/mol. The van der Waals surface area contributed by atoms with E-state index in [4.69, 9.17) is 0 Å². The van der Waals surface area contributed by atoms with Crippen LogP contribution >= 0.6 is 23.5 Å². The number of thioether (sulfide) groups is 2. The molecule has 0 aliphatic carbocycles. The van der Waals surface area contributed by atoms with Gasteiger partial charge in [-0.25, -0.2) is 0 Å². The quantitative estimate of drug-likeness (QED) is 0.655. The van der Waals surface area contributed by atoms with Crippen LogP contribution in [0.3, 0.4) is 0 Å². The molecule has 18 heavy (non-hydrogen) atoms. The fourth-order valence-electron chi connectivity index (χ4n) is 1.79. The van der Waals surface area contributed by atoms with Crippen LogP contribution in [0.2, 0.25) is 0 Å². The minimum absolute atomic E-state index is 0.232. The summed E-state index contributed by atoms with van der Waals surface area (Å²) in [6.07, 6.45) is 2.58. The Morgan fingerprint density at radius 1 is 0.833 bits per heavy atom. The van der Waals surface area contributed by atoms with Crippen LogP contribution in [-0.4, -0.2) is 33.6 Å². The molecule has 110 valence electrons. The normalized spacial score (nSPS) is 13.0. The van der Waals surface area contributed by atoms with Gasteiger partial charge in [0.25, 0.3) is 0 Å². The standard InChI is InChI=1S/C15H33NS2/c1-12(2)17-10-8-14(16-15(5,6)7)9-11-18-13(3)4/h12-14,16H,8-11H2,1-7H3. The van der Waals surface area contributed by atoms with Gasteiger partial charge in [-0.2, -0.15) is 23.5 Å². The second kappa shape index (κ2) is 9.55. The van der Waals surface area contributed by atoms with Crippen LogP contribution in [0.15, 0.2) is 0 Å². The zero-order valence-electron chi connectivity index (χ0n) is 13.4. The first kappa shape index (κ1) is 18.7. The molecule has 3 heteroatoms. The molecule has 0 spiro atoms. The van der Waals surface area contributed by atoms with Gasteiger partial charge in [0.1, 0.15) is 0 Å². The van der Waals surface area contributed by atoms with E-state index in [2.05, 4.69) is 77.3 Å². The van der Waals surface area contributed by atoms with E-state index in [1.807, 2.05) is 0 Å². The van der Waals surface area contributed by atoms with Crippen molar-refractivity contribution in [3.63, 3.8) is 0 Å². The van der Waals surface area contributed by atoms with E-state index >= 15 is 0 Å². The van der Waals surface area contributed by atoms with Gasteiger partial charge >= 0.3 is 0 Å². The number of hydrogen-bond acceptors (Lipinski definition) is 3. The predicted octanol–water partition coefficient (Wildman–Crippen LogP) is 4.81. The second-order valence-electron chi connectivity index (χ2n) is 6.51. The van der Waals surface area contributed by atoms with E-state index in [1.54, 1.807) is 0 Å². The maximum absolute atomic E-state index is 3.78. The van der Waals surface area contributed by atoms with Crippen LogP contribution in [0.25, 0.3) is 0 Å². The van der Waals surface area contributed by atoms with Crippen LogP contribution in [0.4, 0.5) is 0 Å². The molecule has 0 unspecified atom stereocenters. The summed E-state index contributed by atoms with van der Waals surface area (Å²) >= 11 is 4.16. The molecule has 0 amide bonds. The third-order valence-corrected chi connectivity index (χ3v) is 4.75. The molecule has 0 radical (unpaired) electrons. The molecule has 0 fully saturated rings. The molecular formula is C15H33NS2. The second-order valence-corrected chi connectivity index (χ2v) is 9.88. The highest BCUT2D eigenvalue weighted by Gasteiger charge is 2.17. The summed E-state index contributed by atoms with van der Waals surface area (Å²) in [4.78, 5) is 0. The summed E-state index contributed by atoms with van der Waals surface area (Å²) in [5.74, 6) is 2.55. The Morgan fingerprint density at radius 3 is 1.50 bits per heavy atom. The molecule has 0 bridgehead atoms. The van der Waals surface area contributed by atoms with Crippen molar-refractivity contribution in [1.29, 1.82) is 0 Å². The van der Waals surface area contributed by atoms with E-state index in [-0.39, 0.29) is 5.54 Å². The maximum atomic E-state index is 3.78. The zero-order valence-corrected chi connectivity index (χ0v) is 15.0. The Bertz CT molecular complexity index is 183.